The predicted molar refractivity (Wildman–Crippen MR) is 78.0 cm³/mol. The van der Waals surface area contributed by atoms with E-state index in [9.17, 15) is 14.9 Å². The van der Waals surface area contributed by atoms with Gasteiger partial charge < -0.3 is 4.57 Å². The molecule has 3 aromatic rings. The molecule has 0 aliphatic carbocycles. The smallest absolute Gasteiger partial charge is 0.270 e. The molecule has 0 N–H and O–H groups in total. The van der Waals surface area contributed by atoms with Gasteiger partial charge in [-0.25, -0.2) is 0 Å². The molecule has 5 nitrogen and oxygen atoms in total. The molecule has 0 fully saturated rings. The summed E-state index contributed by atoms with van der Waals surface area (Å²) in [6, 6.07) is 11.8. The van der Waals surface area contributed by atoms with E-state index in [-0.39, 0.29) is 11.2 Å². The van der Waals surface area contributed by atoms with E-state index in [1.807, 2.05) is 31.2 Å². The lowest BCUT2D eigenvalue weighted by molar-refractivity contribution is -0.384. The number of nitro groups is 1. The molecular formula is C15H12N2O3. The van der Waals surface area contributed by atoms with Crippen molar-refractivity contribution in [3.05, 3.63) is 62.9 Å². The fraction of sp³-hybridized carbons (Fsp3) is 0.133. The summed E-state index contributed by atoms with van der Waals surface area (Å²) >= 11 is 0. The molecule has 2 aromatic carbocycles. The number of nitro benzene ring substituents is 1. The second-order valence-corrected chi connectivity index (χ2v) is 4.55. The normalized spacial score (nSPS) is 11.1. The second kappa shape index (κ2) is 4.45. The number of aromatic nitrogens is 1. The van der Waals surface area contributed by atoms with Crippen LogP contribution in [0.3, 0.4) is 0 Å². The van der Waals surface area contributed by atoms with Gasteiger partial charge >= 0.3 is 0 Å². The lowest BCUT2D eigenvalue weighted by Crippen LogP contribution is -2.19. The van der Waals surface area contributed by atoms with Crippen LogP contribution in [0.1, 0.15) is 6.92 Å². The molecule has 3 rings (SSSR count). The van der Waals surface area contributed by atoms with Crippen LogP contribution in [0.4, 0.5) is 5.69 Å². The Labute approximate surface area is 114 Å². The SMILES string of the molecule is CCn1c(=O)c2ccc([N+](=O)[O-])cc2c2ccccc21. The first-order valence-electron chi connectivity index (χ1n) is 6.33. The molecule has 0 aliphatic heterocycles. The van der Waals surface area contributed by atoms with Crippen molar-refractivity contribution in [1.82, 2.24) is 4.57 Å². The lowest BCUT2D eigenvalue weighted by atomic mass is 10.1. The number of nitrogens with zero attached hydrogens (tertiary/aromatic N) is 2. The van der Waals surface area contributed by atoms with Gasteiger partial charge in [-0.3, -0.25) is 14.9 Å². The zero-order chi connectivity index (χ0) is 14.3. The van der Waals surface area contributed by atoms with Gasteiger partial charge in [-0.1, -0.05) is 18.2 Å². The third-order valence-electron chi connectivity index (χ3n) is 3.49. The fourth-order valence-corrected chi connectivity index (χ4v) is 2.56. The first kappa shape index (κ1) is 12.3. The topological polar surface area (TPSA) is 65.1 Å². The minimum atomic E-state index is -0.445. The van der Waals surface area contributed by atoms with Crippen molar-refractivity contribution in [3.63, 3.8) is 0 Å². The highest BCUT2D eigenvalue weighted by molar-refractivity contribution is 6.06. The van der Waals surface area contributed by atoms with Crippen LogP contribution in [0.5, 0.6) is 0 Å². The van der Waals surface area contributed by atoms with Gasteiger partial charge in [0.2, 0.25) is 0 Å². The first-order valence-corrected chi connectivity index (χ1v) is 6.33. The molecule has 0 spiro atoms. The van der Waals surface area contributed by atoms with Gasteiger partial charge in [0.15, 0.2) is 0 Å². The molecule has 0 aliphatic rings. The van der Waals surface area contributed by atoms with Crippen molar-refractivity contribution in [2.45, 2.75) is 13.5 Å². The Bertz CT molecular complexity index is 897. The molecule has 20 heavy (non-hydrogen) atoms. The molecule has 0 saturated carbocycles. The highest BCUT2D eigenvalue weighted by Crippen LogP contribution is 2.26. The number of hydrogen-bond donors (Lipinski definition) is 0. The number of non-ortho nitro benzene ring substituents is 1. The molecule has 5 heteroatoms. The molecular weight excluding hydrogens is 256 g/mol. The number of pyridine rings is 1. The Morgan fingerprint density at radius 1 is 1.10 bits per heavy atom. The number of rotatable bonds is 2. The summed E-state index contributed by atoms with van der Waals surface area (Å²) in [5.74, 6) is 0. The van der Waals surface area contributed by atoms with E-state index in [4.69, 9.17) is 0 Å². The molecule has 1 heterocycles. The number of hydrogen-bond acceptors (Lipinski definition) is 3. The van der Waals surface area contributed by atoms with E-state index < -0.39 is 4.92 Å². The maximum Gasteiger partial charge on any atom is 0.270 e. The number of para-hydroxylation sites is 1. The van der Waals surface area contributed by atoms with Gasteiger partial charge in [-0.15, -0.1) is 0 Å². The Morgan fingerprint density at radius 3 is 2.55 bits per heavy atom. The largest absolute Gasteiger partial charge is 0.308 e. The average Bonchev–Trinajstić information content (AvgIpc) is 2.47. The summed E-state index contributed by atoms with van der Waals surface area (Å²) in [4.78, 5) is 22.9. The third kappa shape index (κ3) is 1.67. The molecule has 0 atom stereocenters. The van der Waals surface area contributed by atoms with E-state index in [0.29, 0.717) is 17.3 Å². The van der Waals surface area contributed by atoms with Crippen LogP contribution in [0.15, 0.2) is 47.3 Å². The predicted octanol–water partition coefficient (Wildman–Crippen LogP) is 3.08. The van der Waals surface area contributed by atoms with Crippen LogP contribution in [0, 0.1) is 10.1 Å². The lowest BCUT2D eigenvalue weighted by Gasteiger charge is -2.10. The molecule has 0 saturated heterocycles. The maximum absolute atomic E-state index is 12.4. The van der Waals surface area contributed by atoms with Gasteiger partial charge in [-0.05, 0) is 19.1 Å². The highest BCUT2D eigenvalue weighted by atomic mass is 16.6. The van der Waals surface area contributed by atoms with Crippen LogP contribution in [0.25, 0.3) is 21.7 Å². The number of aryl methyl sites for hydroxylation is 1. The number of fused-ring (bicyclic) bond motifs is 3. The van der Waals surface area contributed by atoms with Crippen LogP contribution >= 0.6 is 0 Å². The van der Waals surface area contributed by atoms with E-state index in [1.54, 1.807) is 4.57 Å². The molecule has 0 bridgehead atoms. The minimum Gasteiger partial charge on any atom is -0.308 e. The van der Waals surface area contributed by atoms with Gasteiger partial charge in [0.05, 0.1) is 10.4 Å². The summed E-state index contributed by atoms with van der Waals surface area (Å²) in [6.07, 6.45) is 0. The van der Waals surface area contributed by atoms with E-state index in [2.05, 4.69) is 0 Å². The molecule has 0 amide bonds. The molecule has 0 unspecified atom stereocenters. The van der Waals surface area contributed by atoms with Gasteiger partial charge in [0.25, 0.3) is 11.2 Å². The van der Waals surface area contributed by atoms with E-state index >= 15 is 0 Å². The Morgan fingerprint density at radius 2 is 1.85 bits per heavy atom. The zero-order valence-corrected chi connectivity index (χ0v) is 10.9. The Kier molecular flexibility index (Phi) is 2.75. The minimum absolute atomic E-state index is 0.00342. The molecule has 100 valence electrons. The number of benzene rings is 2. The van der Waals surface area contributed by atoms with Crippen molar-refractivity contribution in [2.24, 2.45) is 0 Å². The first-order chi connectivity index (χ1) is 9.63. The van der Waals surface area contributed by atoms with Crippen molar-refractivity contribution in [3.8, 4) is 0 Å². The van der Waals surface area contributed by atoms with Gasteiger partial charge in [0.1, 0.15) is 0 Å². The van der Waals surface area contributed by atoms with Crippen LogP contribution in [-0.4, -0.2) is 9.49 Å². The van der Waals surface area contributed by atoms with Crippen LogP contribution in [0.2, 0.25) is 0 Å². The Hall–Kier alpha value is -2.69. The monoisotopic (exact) mass is 268 g/mol. The van der Waals surface area contributed by atoms with E-state index in [0.717, 1.165) is 10.9 Å². The van der Waals surface area contributed by atoms with Gasteiger partial charge in [-0.2, -0.15) is 0 Å². The quantitative estimate of drug-likeness (QED) is 0.407. The highest BCUT2D eigenvalue weighted by Gasteiger charge is 2.13. The van der Waals surface area contributed by atoms with E-state index in [1.165, 1.54) is 18.2 Å². The van der Waals surface area contributed by atoms with Crippen LogP contribution in [-0.2, 0) is 6.54 Å². The van der Waals surface area contributed by atoms with Gasteiger partial charge in [0, 0.05) is 34.8 Å². The van der Waals surface area contributed by atoms with Crippen molar-refractivity contribution < 1.29 is 4.92 Å². The molecule has 0 radical (unpaired) electrons. The Balaban J connectivity index is 2.58. The standard InChI is InChI=1S/C15H12N2O3/c1-2-16-14-6-4-3-5-11(14)13-9-10(17(19)20)7-8-12(13)15(16)18/h3-9H,2H2,1H3. The summed E-state index contributed by atoms with van der Waals surface area (Å²) in [6.45, 7) is 2.47. The van der Waals surface area contributed by atoms with Crippen LogP contribution < -0.4 is 5.56 Å². The zero-order valence-electron chi connectivity index (χ0n) is 10.9. The maximum atomic E-state index is 12.4. The summed E-state index contributed by atoms with van der Waals surface area (Å²) in [5.41, 5.74) is 0.681. The van der Waals surface area contributed by atoms with Crippen molar-refractivity contribution in [1.29, 1.82) is 0 Å². The summed E-state index contributed by atoms with van der Waals surface area (Å²) < 4.78 is 1.68. The summed E-state index contributed by atoms with van der Waals surface area (Å²) in [5, 5.41) is 12.9. The molecule has 1 aromatic heterocycles. The fourth-order valence-electron chi connectivity index (χ4n) is 2.56. The van der Waals surface area contributed by atoms with Crippen molar-refractivity contribution in [2.75, 3.05) is 0 Å². The van der Waals surface area contributed by atoms with Crippen molar-refractivity contribution >= 4 is 27.4 Å². The third-order valence-corrected chi connectivity index (χ3v) is 3.49. The summed E-state index contributed by atoms with van der Waals surface area (Å²) in [7, 11) is 0. The second-order valence-electron chi connectivity index (χ2n) is 4.55. The average molecular weight is 268 g/mol.